The van der Waals surface area contributed by atoms with Crippen molar-refractivity contribution < 1.29 is 18.6 Å². The fraction of sp³-hybridized carbons (Fsp3) is 0.562. The number of ether oxygens (including phenoxy) is 1. The van der Waals surface area contributed by atoms with Gasteiger partial charge in [0.25, 0.3) is 6.43 Å². The number of nitrogens with zero attached hydrogens (tertiary/aromatic N) is 2. The number of aliphatic hydroxyl groups excluding tert-OH is 1. The third-order valence-electron chi connectivity index (χ3n) is 3.48. The van der Waals surface area contributed by atoms with Gasteiger partial charge in [0.1, 0.15) is 12.4 Å². The fourth-order valence-corrected chi connectivity index (χ4v) is 2.42. The average molecular weight is 455 g/mol. The lowest BCUT2D eigenvalue weighted by Crippen LogP contribution is -2.40. The summed E-state index contributed by atoms with van der Waals surface area (Å²) in [5.74, 6) is 1.17. The van der Waals surface area contributed by atoms with Crippen molar-refractivity contribution in [1.29, 1.82) is 0 Å². The molecule has 0 amide bonds. The molecule has 2 rings (SSSR count). The Hall–Kier alpha value is -1.16. The highest BCUT2D eigenvalue weighted by Crippen LogP contribution is 2.15. The van der Waals surface area contributed by atoms with Crippen molar-refractivity contribution in [2.75, 3.05) is 26.2 Å². The highest BCUT2D eigenvalue weighted by Gasteiger charge is 2.22. The normalized spacial score (nSPS) is 17.8. The molecule has 0 aromatic heterocycles. The summed E-state index contributed by atoms with van der Waals surface area (Å²) in [6.07, 6.45) is -2.06. The second kappa shape index (κ2) is 10.7. The highest BCUT2D eigenvalue weighted by atomic mass is 127. The van der Waals surface area contributed by atoms with Gasteiger partial charge in [-0.15, -0.1) is 24.0 Å². The van der Waals surface area contributed by atoms with E-state index in [4.69, 9.17) is 4.74 Å². The maximum Gasteiger partial charge on any atom is 0.272 e. The third-order valence-corrected chi connectivity index (χ3v) is 3.48. The minimum Gasteiger partial charge on any atom is -0.488 e. The van der Waals surface area contributed by atoms with Crippen LogP contribution in [-0.2, 0) is 6.54 Å². The maximum atomic E-state index is 12.2. The Morgan fingerprint density at radius 2 is 2.29 bits per heavy atom. The number of hydrogen-bond acceptors (Lipinski definition) is 3. The third kappa shape index (κ3) is 6.76. The van der Waals surface area contributed by atoms with E-state index in [0.717, 1.165) is 31.0 Å². The number of rotatable bonds is 6. The molecule has 136 valence electrons. The quantitative estimate of drug-likeness (QED) is 0.393. The molecule has 1 aliphatic rings. The van der Waals surface area contributed by atoms with Crippen LogP contribution in [0.1, 0.15) is 18.9 Å². The zero-order valence-corrected chi connectivity index (χ0v) is 16.0. The molecule has 1 fully saturated rings. The predicted octanol–water partition coefficient (Wildman–Crippen LogP) is 2.48. The number of benzene rings is 1. The number of likely N-dealkylation sites (tertiary alicyclic amines) is 1. The summed E-state index contributed by atoms with van der Waals surface area (Å²) in [6, 6.07) is 7.01. The van der Waals surface area contributed by atoms with Crippen LogP contribution in [0.2, 0.25) is 0 Å². The lowest BCUT2D eigenvalue weighted by molar-refractivity contribution is 0.0818. The van der Waals surface area contributed by atoms with Gasteiger partial charge in [0.2, 0.25) is 0 Å². The van der Waals surface area contributed by atoms with E-state index in [2.05, 4.69) is 10.3 Å². The summed E-state index contributed by atoms with van der Waals surface area (Å²) in [5, 5.41) is 12.8. The number of halogens is 3. The Morgan fingerprint density at radius 3 is 2.92 bits per heavy atom. The van der Waals surface area contributed by atoms with Gasteiger partial charge in [-0.3, -0.25) is 0 Å². The van der Waals surface area contributed by atoms with Gasteiger partial charge in [0.15, 0.2) is 5.96 Å². The van der Waals surface area contributed by atoms with Crippen LogP contribution in [0.4, 0.5) is 8.78 Å². The smallest absolute Gasteiger partial charge is 0.272 e. The average Bonchev–Trinajstić information content (AvgIpc) is 2.96. The first kappa shape index (κ1) is 20.9. The fourth-order valence-electron chi connectivity index (χ4n) is 2.42. The van der Waals surface area contributed by atoms with E-state index in [1.54, 1.807) is 18.2 Å². The standard InChI is InChI=1S/C16H23F2N3O2.HI/c1-2-19-16(21-7-6-13(22)10-21)20-9-12-4-3-5-14(8-12)23-11-15(17)18;/h3-5,8,13,15,22H,2,6-7,9-11H2,1H3,(H,19,20);1H/t13-;/m1./s1. The molecule has 1 aromatic rings. The molecule has 0 spiro atoms. The Labute approximate surface area is 158 Å². The summed E-state index contributed by atoms with van der Waals surface area (Å²) in [6.45, 7) is 3.87. The molecular formula is C16H24F2IN3O2. The lowest BCUT2D eigenvalue weighted by Gasteiger charge is -2.21. The van der Waals surface area contributed by atoms with E-state index in [9.17, 15) is 13.9 Å². The van der Waals surface area contributed by atoms with Crippen molar-refractivity contribution in [1.82, 2.24) is 10.2 Å². The summed E-state index contributed by atoms with van der Waals surface area (Å²) in [4.78, 5) is 6.57. The molecule has 8 heteroatoms. The molecule has 0 bridgehead atoms. The zero-order valence-electron chi connectivity index (χ0n) is 13.6. The van der Waals surface area contributed by atoms with Gasteiger partial charge in [0, 0.05) is 19.6 Å². The zero-order chi connectivity index (χ0) is 16.7. The van der Waals surface area contributed by atoms with Crippen LogP contribution in [0.3, 0.4) is 0 Å². The Morgan fingerprint density at radius 1 is 1.50 bits per heavy atom. The van der Waals surface area contributed by atoms with E-state index < -0.39 is 13.0 Å². The molecule has 1 atom stereocenters. The van der Waals surface area contributed by atoms with Crippen LogP contribution in [0.5, 0.6) is 5.75 Å². The SMILES string of the molecule is CCNC(=NCc1cccc(OCC(F)F)c1)N1CC[C@@H](O)C1.I. The number of aliphatic hydroxyl groups is 1. The Balaban J connectivity index is 0.00000288. The summed E-state index contributed by atoms with van der Waals surface area (Å²) in [7, 11) is 0. The molecule has 2 N–H and O–H groups in total. The molecule has 24 heavy (non-hydrogen) atoms. The van der Waals surface area contributed by atoms with Crippen LogP contribution in [0.25, 0.3) is 0 Å². The number of β-amino-alcohol motifs (C(OH)–C–C–N with tert-alkyl or cyclic N) is 1. The van der Waals surface area contributed by atoms with E-state index in [-0.39, 0.29) is 30.1 Å². The minimum absolute atomic E-state index is 0. The number of guanidine groups is 1. The second-order valence-electron chi connectivity index (χ2n) is 5.41. The van der Waals surface area contributed by atoms with Gasteiger partial charge in [-0.05, 0) is 31.0 Å². The number of hydrogen-bond donors (Lipinski definition) is 2. The van der Waals surface area contributed by atoms with E-state index >= 15 is 0 Å². The van der Waals surface area contributed by atoms with Crippen molar-refractivity contribution >= 4 is 29.9 Å². The highest BCUT2D eigenvalue weighted by molar-refractivity contribution is 14.0. The van der Waals surface area contributed by atoms with Gasteiger partial charge in [-0.25, -0.2) is 13.8 Å². The summed E-state index contributed by atoms with van der Waals surface area (Å²) >= 11 is 0. The van der Waals surface area contributed by atoms with Crippen molar-refractivity contribution in [3.8, 4) is 5.75 Å². The first-order valence-corrected chi connectivity index (χ1v) is 7.79. The molecule has 1 aliphatic heterocycles. The summed E-state index contributed by atoms with van der Waals surface area (Å²) < 4.78 is 29.4. The van der Waals surface area contributed by atoms with Crippen LogP contribution < -0.4 is 10.1 Å². The molecule has 5 nitrogen and oxygen atoms in total. The molecule has 0 saturated carbocycles. The molecule has 1 aromatic carbocycles. The first-order chi connectivity index (χ1) is 11.1. The molecule has 0 radical (unpaired) electrons. The first-order valence-electron chi connectivity index (χ1n) is 7.79. The molecule has 0 unspecified atom stereocenters. The number of nitrogens with one attached hydrogen (secondary N) is 1. The van der Waals surface area contributed by atoms with Crippen molar-refractivity contribution in [3.05, 3.63) is 29.8 Å². The predicted molar refractivity (Wildman–Crippen MR) is 100 cm³/mol. The molecule has 1 saturated heterocycles. The maximum absolute atomic E-state index is 12.2. The van der Waals surface area contributed by atoms with Crippen LogP contribution in [-0.4, -0.2) is 54.7 Å². The topological polar surface area (TPSA) is 57.1 Å². The van der Waals surface area contributed by atoms with Gasteiger partial charge in [0.05, 0.1) is 12.6 Å². The Kier molecular flexibility index (Phi) is 9.27. The van der Waals surface area contributed by atoms with Gasteiger partial charge in [-0.2, -0.15) is 0 Å². The van der Waals surface area contributed by atoms with E-state index in [0.29, 0.717) is 18.8 Å². The van der Waals surface area contributed by atoms with Crippen LogP contribution >= 0.6 is 24.0 Å². The lowest BCUT2D eigenvalue weighted by atomic mass is 10.2. The van der Waals surface area contributed by atoms with Crippen LogP contribution in [0, 0.1) is 0 Å². The molecule has 1 heterocycles. The van der Waals surface area contributed by atoms with Crippen molar-refractivity contribution in [3.63, 3.8) is 0 Å². The van der Waals surface area contributed by atoms with Gasteiger partial charge in [-0.1, -0.05) is 12.1 Å². The molecular weight excluding hydrogens is 431 g/mol. The number of alkyl halides is 2. The van der Waals surface area contributed by atoms with E-state index in [1.165, 1.54) is 0 Å². The second-order valence-corrected chi connectivity index (χ2v) is 5.41. The van der Waals surface area contributed by atoms with Gasteiger partial charge >= 0.3 is 0 Å². The van der Waals surface area contributed by atoms with E-state index in [1.807, 2.05) is 17.9 Å². The van der Waals surface area contributed by atoms with Crippen LogP contribution in [0.15, 0.2) is 29.3 Å². The van der Waals surface area contributed by atoms with Crippen molar-refractivity contribution in [2.24, 2.45) is 4.99 Å². The summed E-state index contributed by atoms with van der Waals surface area (Å²) in [5.41, 5.74) is 0.881. The Bertz CT molecular complexity index is 532. The minimum atomic E-state index is -2.49. The van der Waals surface area contributed by atoms with Gasteiger partial charge < -0.3 is 20.1 Å². The largest absolute Gasteiger partial charge is 0.488 e. The molecule has 0 aliphatic carbocycles. The number of aliphatic imine (C=N–C) groups is 1. The van der Waals surface area contributed by atoms with Crippen molar-refractivity contribution in [2.45, 2.75) is 32.4 Å². The monoisotopic (exact) mass is 455 g/mol.